The van der Waals surface area contributed by atoms with Crippen molar-refractivity contribution < 1.29 is 14.3 Å². The van der Waals surface area contributed by atoms with Gasteiger partial charge in [0.2, 0.25) is 5.91 Å². The van der Waals surface area contributed by atoms with E-state index in [1.807, 2.05) is 6.92 Å². The number of methoxy groups -OCH3 is 1. The Kier molecular flexibility index (Phi) is 3.28. The number of carbonyl (C=O) groups is 2. The first-order valence-electron chi connectivity index (χ1n) is 4.57. The third-order valence-corrected chi connectivity index (χ3v) is 2.16. The molecule has 0 aromatic rings. The summed E-state index contributed by atoms with van der Waals surface area (Å²) in [5.41, 5.74) is 0. The van der Waals surface area contributed by atoms with E-state index >= 15 is 0 Å². The zero-order valence-corrected chi connectivity index (χ0v) is 8.00. The molecule has 0 radical (unpaired) electrons. The van der Waals surface area contributed by atoms with E-state index in [0.29, 0.717) is 6.42 Å². The highest BCUT2D eigenvalue weighted by Crippen LogP contribution is 2.28. The van der Waals surface area contributed by atoms with Gasteiger partial charge in [0.15, 0.2) is 0 Å². The molecule has 0 aliphatic heterocycles. The van der Waals surface area contributed by atoms with Crippen LogP contribution in [0.5, 0.6) is 0 Å². The van der Waals surface area contributed by atoms with E-state index < -0.39 is 6.04 Å². The van der Waals surface area contributed by atoms with E-state index in [2.05, 4.69) is 10.1 Å². The van der Waals surface area contributed by atoms with Crippen LogP contribution in [0.2, 0.25) is 0 Å². The van der Waals surface area contributed by atoms with Crippen LogP contribution >= 0.6 is 0 Å². The summed E-state index contributed by atoms with van der Waals surface area (Å²) in [7, 11) is 1.33. The lowest BCUT2D eigenvalue weighted by Crippen LogP contribution is -2.41. The molecule has 1 amide bonds. The number of esters is 1. The normalized spacial score (nSPS) is 17.7. The highest BCUT2D eigenvalue weighted by molar-refractivity contribution is 5.86. The number of ether oxygens (including phenoxy) is 1. The van der Waals surface area contributed by atoms with Gasteiger partial charge < -0.3 is 10.1 Å². The zero-order chi connectivity index (χ0) is 9.84. The standard InChI is InChI=1S/C9H15NO3/c1-3-7(9(12)13-2)10-8(11)6-4-5-6/h6-7H,3-5H2,1-2H3,(H,10,11). The van der Waals surface area contributed by atoms with Gasteiger partial charge in [-0.05, 0) is 19.3 Å². The smallest absolute Gasteiger partial charge is 0.328 e. The molecule has 13 heavy (non-hydrogen) atoms. The minimum Gasteiger partial charge on any atom is -0.467 e. The Morgan fingerprint density at radius 1 is 1.54 bits per heavy atom. The summed E-state index contributed by atoms with van der Waals surface area (Å²) in [4.78, 5) is 22.4. The summed E-state index contributed by atoms with van der Waals surface area (Å²) in [5.74, 6) is -0.243. The first-order valence-corrected chi connectivity index (χ1v) is 4.57. The zero-order valence-electron chi connectivity index (χ0n) is 8.00. The van der Waals surface area contributed by atoms with Gasteiger partial charge in [-0.3, -0.25) is 4.79 Å². The molecular weight excluding hydrogens is 170 g/mol. The van der Waals surface area contributed by atoms with Gasteiger partial charge in [0.05, 0.1) is 7.11 Å². The fourth-order valence-corrected chi connectivity index (χ4v) is 1.11. The van der Waals surface area contributed by atoms with Gasteiger partial charge >= 0.3 is 5.97 Å². The van der Waals surface area contributed by atoms with E-state index in [0.717, 1.165) is 12.8 Å². The Balaban J connectivity index is 2.37. The van der Waals surface area contributed by atoms with Crippen molar-refractivity contribution >= 4 is 11.9 Å². The lowest BCUT2D eigenvalue weighted by Gasteiger charge is -2.13. The maximum atomic E-state index is 11.3. The fourth-order valence-electron chi connectivity index (χ4n) is 1.11. The Hall–Kier alpha value is -1.06. The predicted molar refractivity (Wildman–Crippen MR) is 47.0 cm³/mol. The van der Waals surface area contributed by atoms with Crippen LogP contribution in [0, 0.1) is 5.92 Å². The second kappa shape index (κ2) is 4.25. The molecule has 1 aliphatic carbocycles. The Morgan fingerprint density at radius 3 is 2.54 bits per heavy atom. The van der Waals surface area contributed by atoms with Crippen molar-refractivity contribution in [2.45, 2.75) is 32.2 Å². The lowest BCUT2D eigenvalue weighted by atomic mass is 10.2. The summed E-state index contributed by atoms with van der Waals surface area (Å²) >= 11 is 0. The number of amides is 1. The molecule has 0 aromatic carbocycles. The molecule has 1 N–H and O–H groups in total. The average molecular weight is 185 g/mol. The maximum Gasteiger partial charge on any atom is 0.328 e. The van der Waals surface area contributed by atoms with Crippen molar-refractivity contribution in [3.63, 3.8) is 0 Å². The van der Waals surface area contributed by atoms with E-state index in [-0.39, 0.29) is 17.8 Å². The van der Waals surface area contributed by atoms with Crippen molar-refractivity contribution in [3.05, 3.63) is 0 Å². The molecule has 0 bridgehead atoms. The van der Waals surface area contributed by atoms with E-state index in [9.17, 15) is 9.59 Å². The molecule has 1 unspecified atom stereocenters. The fraction of sp³-hybridized carbons (Fsp3) is 0.778. The van der Waals surface area contributed by atoms with Crippen molar-refractivity contribution in [2.24, 2.45) is 5.92 Å². The van der Waals surface area contributed by atoms with Crippen molar-refractivity contribution in [1.29, 1.82) is 0 Å². The molecular formula is C9H15NO3. The Morgan fingerprint density at radius 2 is 2.15 bits per heavy atom. The number of hydrogen-bond donors (Lipinski definition) is 1. The molecule has 1 atom stereocenters. The summed E-state index contributed by atoms with van der Waals surface area (Å²) in [6.45, 7) is 1.84. The van der Waals surface area contributed by atoms with Crippen LogP contribution in [-0.2, 0) is 14.3 Å². The summed E-state index contributed by atoms with van der Waals surface area (Å²) in [6, 6.07) is -0.474. The number of hydrogen-bond acceptors (Lipinski definition) is 3. The van der Waals surface area contributed by atoms with Crippen LogP contribution in [0.15, 0.2) is 0 Å². The molecule has 1 saturated carbocycles. The van der Waals surface area contributed by atoms with Crippen LogP contribution in [-0.4, -0.2) is 25.0 Å². The molecule has 4 heteroatoms. The summed E-state index contributed by atoms with van der Waals surface area (Å²) < 4.78 is 4.55. The van der Waals surface area contributed by atoms with Crippen LogP contribution in [0.1, 0.15) is 26.2 Å². The third-order valence-electron chi connectivity index (χ3n) is 2.16. The van der Waals surface area contributed by atoms with E-state index in [4.69, 9.17) is 0 Å². The van der Waals surface area contributed by atoms with Gasteiger partial charge in [-0.25, -0.2) is 4.79 Å². The second-order valence-corrected chi connectivity index (χ2v) is 3.27. The number of carbonyl (C=O) groups excluding carboxylic acids is 2. The molecule has 0 saturated heterocycles. The van der Waals surface area contributed by atoms with Crippen molar-refractivity contribution in [2.75, 3.05) is 7.11 Å². The van der Waals surface area contributed by atoms with E-state index in [1.54, 1.807) is 0 Å². The van der Waals surface area contributed by atoms with Crippen LogP contribution in [0.3, 0.4) is 0 Å². The van der Waals surface area contributed by atoms with Gasteiger partial charge in [-0.15, -0.1) is 0 Å². The first-order chi connectivity index (χ1) is 6.19. The molecule has 1 fully saturated rings. The van der Waals surface area contributed by atoms with Gasteiger partial charge in [0.25, 0.3) is 0 Å². The van der Waals surface area contributed by atoms with Gasteiger partial charge in [0.1, 0.15) is 6.04 Å². The Bertz CT molecular complexity index is 211. The van der Waals surface area contributed by atoms with E-state index in [1.165, 1.54) is 7.11 Å². The van der Waals surface area contributed by atoms with Gasteiger partial charge in [-0.1, -0.05) is 6.92 Å². The number of rotatable bonds is 4. The van der Waals surface area contributed by atoms with Crippen LogP contribution in [0.4, 0.5) is 0 Å². The monoisotopic (exact) mass is 185 g/mol. The lowest BCUT2D eigenvalue weighted by molar-refractivity contribution is -0.145. The van der Waals surface area contributed by atoms with Crippen LogP contribution < -0.4 is 5.32 Å². The topological polar surface area (TPSA) is 55.4 Å². The maximum absolute atomic E-state index is 11.3. The van der Waals surface area contributed by atoms with Crippen molar-refractivity contribution in [1.82, 2.24) is 5.32 Å². The molecule has 0 heterocycles. The minimum atomic E-state index is -0.474. The number of nitrogens with one attached hydrogen (secondary N) is 1. The summed E-state index contributed by atoms with van der Waals surface area (Å²) in [6.07, 6.45) is 2.47. The second-order valence-electron chi connectivity index (χ2n) is 3.27. The Labute approximate surface area is 77.6 Å². The minimum absolute atomic E-state index is 0.0164. The average Bonchev–Trinajstić information content (AvgIpc) is 2.95. The first kappa shape index (κ1) is 10.0. The molecule has 4 nitrogen and oxygen atoms in total. The largest absolute Gasteiger partial charge is 0.467 e. The molecule has 1 rings (SSSR count). The van der Waals surface area contributed by atoms with Gasteiger partial charge in [0, 0.05) is 5.92 Å². The molecule has 0 spiro atoms. The SMILES string of the molecule is CCC(NC(=O)C1CC1)C(=O)OC. The quantitative estimate of drug-likeness (QED) is 0.647. The van der Waals surface area contributed by atoms with Gasteiger partial charge in [-0.2, -0.15) is 0 Å². The summed E-state index contributed by atoms with van der Waals surface area (Å²) in [5, 5.41) is 2.67. The molecule has 1 aliphatic rings. The van der Waals surface area contributed by atoms with Crippen LogP contribution in [0.25, 0.3) is 0 Å². The molecule has 74 valence electrons. The van der Waals surface area contributed by atoms with Crippen molar-refractivity contribution in [3.8, 4) is 0 Å². The highest BCUT2D eigenvalue weighted by atomic mass is 16.5. The predicted octanol–water partition coefficient (Wildman–Crippen LogP) is 0.464. The third kappa shape index (κ3) is 2.72. The highest BCUT2D eigenvalue weighted by Gasteiger charge is 2.32. The molecule has 0 aromatic heterocycles.